The molecule has 0 aliphatic carbocycles. The van der Waals surface area contributed by atoms with Gasteiger partial charge in [0.25, 0.3) is 0 Å². The number of rotatable bonds is 3. The van der Waals surface area contributed by atoms with E-state index in [9.17, 15) is 40.6 Å². The number of aliphatic hydroxyl groups excluding tert-OH is 1. The van der Waals surface area contributed by atoms with Gasteiger partial charge in [0, 0.05) is 41.7 Å². The Hall–Kier alpha value is -2.30. The highest BCUT2D eigenvalue weighted by atomic mass is 19.4. The number of hydrogen-bond donors (Lipinski definition) is 2. The molecule has 0 bridgehead atoms. The molecule has 1 fully saturated rings. The first-order valence-corrected chi connectivity index (χ1v) is 8.69. The number of H-pyrrole nitrogens is 1. The summed E-state index contributed by atoms with van der Waals surface area (Å²) in [5.74, 6) is -2.28. The number of alkyl halides is 7. The van der Waals surface area contributed by atoms with Crippen LogP contribution in [-0.4, -0.2) is 41.1 Å². The topological polar surface area (TPSA) is 56.3 Å². The number of aromatic amines is 1. The van der Waals surface area contributed by atoms with Crippen molar-refractivity contribution < 1.29 is 35.8 Å². The van der Waals surface area contributed by atoms with Gasteiger partial charge in [0.2, 0.25) is 5.56 Å². The molecule has 2 heterocycles. The van der Waals surface area contributed by atoms with Gasteiger partial charge in [0.15, 0.2) is 0 Å². The fourth-order valence-corrected chi connectivity index (χ4v) is 3.92. The third kappa shape index (κ3) is 4.19. The van der Waals surface area contributed by atoms with Crippen LogP contribution < -0.4 is 10.5 Å². The van der Waals surface area contributed by atoms with Crippen LogP contribution in [0.3, 0.4) is 0 Å². The summed E-state index contributed by atoms with van der Waals surface area (Å²) in [6.07, 6.45) is -13.7. The van der Waals surface area contributed by atoms with Crippen molar-refractivity contribution in [2.45, 2.75) is 44.0 Å². The molecule has 0 radical (unpaired) electrons. The van der Waals surface area contributed by atoms with Gasteiger partial charge < -0.3 is 15.0 Å². The monoisotopic (exact) mass is 426 g/mol. The minimum absolute atomic E-state index is 0.0601. The average Bonchev–Trinajstić information content (AvgIpc) is 2.92. The van der Waals surface area contributed by atoms with Gasteiger partial charge in [-0.15, -0.1) is 0 Å². The van der Waals surface area contributed by atoms with Crippen LogP contribution in [-0.2, 0) is 6.18 Å². The van der Waals surface area contributed by atoms with E-state index in [-0.39, 0.29) is 11.2 Å². The van der Waals surface area contributed by atoms with Gasteiger partial charge in [-0.1, -0.05) is 0 Å². The van der Waals surface area contributed by atoms with E-state index in [1.165, 1.54) is 6.07 Å². The molecule has 160 valence electrons. The van der Waals surface area contributed by atoms with Crippen molar-refractivity contribution in [2.75, 3.05) is 11.4 Å². The van der Waals surface area contributed by atoms with Gasteiger partial charge in [-0.05, 0) is 25.1 Å². The standard InChI is InChI=1S/C18H17F7N2O2/c1-8(28)16(18(23,24)25)14-4-9(19)7-27(14)10-2-3-13-11(5-10)12(17(20,21)22)6-15(29)26-13/h2-3,5-6,8-9,14,16,28H,4,7H2,1H3,(H,26,29)/t8-,9?,14?,16-/m0/s1. The second kappa shape index (κ2) is 7.19. The highest BCUT2D eigenvalue weighted by Crippen LogP contribution is 2.42. The van der Waals surface area contributed by atoms with Crippen LogP contribution in [0.4, 0.5) is 36.4 Å². The summed E-state index contributed by atoms with van der Waals surface area (Å²) in [6.45, 7) is 0.481. The number of nitrogens with zero attached hydrogens (tertiary/aromatic N) is 1. The Balaban J connectivity index is 2.13. The van der Waals surface area contributed by atoms with Crippen molar-refractivity contribution in [1.29, 1.82) is 0 Å². The third-order valence-corrected chi connectivity index (χ3v) is 5.07. The zero-order valence-electron chi connectivity index (χ0n) is 15.0. The number of hydrogen-bond acceptors (Lipinski definition) is 3. The molecule has 11 heteroatoms. The largest absolute Gasteiger partial charge is 0.417 e. The second-order valence-corrected chi connectivity index (χ2v) is 7.14. The molecular formula is C18H17F7N2O2. The Labute approximate surface area is 159 Å². The van der Waals surface area contributed by atoms with E-state index in [1.807, 2.05) is 0 Å². The Bertz CT molecular complexity index is 952. The Kier molecular flexibility index (Phi) is 5.31. The molecule has 1 aromatic heterocycles. The zero-order valence-corrected chi connectivity index (χ0v) is 15.0. The molecule has 4 atom stereocenters. The summed E-state index contributed by atoms with van der Waals surface area (Å²) in [4.78, 5) is 14.8. The lowest BCUT2D eigenvalue weighted by Gasteiger charge is -2.35. The number of benzene rings is 1. The lowest BCUT2D eigenvalue weighted by molar-refractivity contribution is -0.203. The van der Waals surface area contributed by atoms with Crippen LogP contribution in [0.5, 0.6) is 0 Å². The molecule has 1 aliphatic heterocycles. The van der Waals surface area contributed by atoms with Crippen molar-refractivity contribution in [3.05, 3.63) is 40.2 Å². The van der Waals surface area contributed by atoms with E-state index in [0.29, 0.717) is 6.07 Å². The van der Waals surface area contributed by atoms with Gasteiger partial charge in [0.1, 0.15) is 12.1 Å². The van der Waals surface area contributed by atoms with Gasteiger partial charge in [-0.3, -0.25) is 4.79 Å². The summed E-state index contributed by atoms with van der Waals surface area (Å²) in [7, 11) is 0. The maximum absolute atomic E-state index is 14.0. The summed E-state index contributed by atoms with van der Waals surface area (Å²) in [5.41, 5.74) is -2.43. The van der Waals surface area contributed by atoms with Crippen LogP contribution in [0.25, 0.3) is 10.9 Å². The molecule has 29 heavy (non-hydrogen) atoms. The van der Waals surface area contributed by atoms with Crippen molar-refractivity contribution >= 4 is 16.6 Å². The van der Waals surface area contributed by atoms with Gasteiger partial charge in [-0.2, -0.15) is 26.3 Å². The number of nitrogens with one attached hydrogen (secondary N) is 1. The molecule has 2 unspecified atom stereocenters. The molecule has 0 spiro atoms. The predicted molar refractivity (Wildman–Crippen MR) is 91.4 cm³/mol. The van der Waals surface area contributed by atoms with Crippen LogP contribution >= 0.6 is 0 Å². The quantitative estimate of drug-likeness (QED) is 0.729. The fourth-order valence-electron chi connectivity index (χ4n) is 3.92. The van der Waals surface area contributed by atoms with Gasteiger partial charge in [-0.25, -0.2) is 4.39 Å². The summed E-state index contributed by atoms with van der Waals surface area (Å²) < 4.78 is 94.4. The maximum atomic E-state index is 14.0. The van der Waals surface area contributed by atoms with Crippen LogP contribution in [0.1, 0.15) is 18.9 Å². The number of aromatic nitrogens is 1. The van der Waals surface area contributed by atoms with Crippen LogP contribution in [0, 0.1) is 5.92 Å². The van der Waals surface area contributed by atoms with E-state index in [1.54, 1.807) is 0 Å². The van der Waals surface area contributed by atoms with E-state index >= 15 is 0 Å². The van der Waals surface area contributed by atoms with Crippen molar-refractivity contribution in [1.82, 2.24) is 4.98 Å². The highest BCUT2D eigenvalue weighted by Gasteiger charge is 2.52. The average molecular weight is 426 g/mol. The normalized spacial score (nSPS) is 22.9. The zero-order chi connectivity index (χ0) is 21.7. The van der Waals surface area contributed by atoms with Gasteiger partial charge >= 0.3 is 12.4 Å². The van der Waals surface area contributed by atoms with E-state index in [4.69, 9.17) is 0 Å². The first kappa shape index (κ1) is 21.4. The molecular weight excluding hydrogens is 409 g/mol. The Morgan fingerprint density at radius 2 is 1.83 bits per heavy atom. The second-order valence-electron chi connectivity index (χ2n) is 7.14. The summed E-state index contributed by atoms with van der Waals surface area (Å²) in [6, 6.07) is 2.21. The summed E-state index contributed by atoms with van der Waals surface area (Å²) in [5, 5.41) is 9.23. The van der Waals surface area contributed by atoms with E-state index in [2.05, 4.69) is 4.98 Å². The van der Waals surface area contributed by atoms with Crippen molar-refractivity contribution in [3.63, 3.8) is 0 Å². The molecule has 2 N–H and O–H groups in total. The van der Waals surface area contributed by atoms with Crippen LogP contribution in [0.15, 0.2) is 29.1 Å². The molecule has 4 nitrogen and oxygen atoms in total. The first-order chi connectivity index (χ1) is 13.3. The smallest absolute Gasteiger partial charge is 0.393 e. The van der Waals surface area contributed by atoms with Crippen molar-refractivity contribution in [3.8, 4) is 0 Å². The third-order valence-electron chi connectivity index (χ3n) is 5.07. The van der Waals surface area contributed by atoms with E-state index < -0.39 is 66.1 Å². The lowest BCUT2D eigenvalue weighted by Crippen LogP contribution is -2.48. The minimum Gasteiger partial charge on any atom is -0.393 e. The molecule has 0 amide bonds. The number of aliphatic hydroxyl groups is 1. The lowest BCUT2D eigenvalue weighted by atomic mass is 9.91. The number of fused-ring (bicyclic) bond motifs is 1. The van der Waals surface area contributed by atoms with Crippen LogP contribution in [0.2, 0.25) is 0 Å². The van der Waals surface area contributed by atoms with Gasteiger partial charge in [0.05, 0.1) is 11.7 Å². The number of pyridine rings is 1. The van der Waals surface area contributed by atoms with E-state index in [0.717, 1.165) is 24.0 Å². The summed E-state index contributed by atoms with van der Waals surface area (Å²) >= 11 is 0. The fraction of sp³-hybridized carbons (Fsp3) is 0.500. The number of anilines is 1. The Morgan fingerprint density at radius 3 is 2.38 bits per heavy atom. The molecule has 2 aromatic rings. The molecule has 0 saturated carbocycles. The molecule has 1 aromatic carbocycles. The van der Waals surface area contributed by atoms with Crippen molar-refractivity contribution in [2.24, 2.45) is 5.92 Å². The number of halogens is 7. The minimum atomic E-state index is -4.87. The first-order valence-electron chi connectivity index (χ1n) is 8.69. The maximum Gasteiger partial charge on any atom is 0.417 e. The Morgan fingerprint density at radius 1 is 1.17 bits per heavy atom. The highest BCUT2D eigenvalue weighted by molar-refractivity contribution is 5.86. The molecule has 1 aliphatic rings. The molecule has 1 saturated heterocycles. The SMILES string of the molecule is C[C@H](O)[C@@H](C1CC(F)CN1c1ccc2[nH]c(=O)cc(C(F)(F)F)c2c1)C(F)(F)F. The molecule has 3 rings (SSSR count). The predicted octanol–water partition coefficient (Wildman–Crippen LogP) is 4.02.